The highest BCUT2D eigenvalue weighted by Crippen LogP contribution is 2.32. The minimum atomic E-state index is -0.584. The van der Waals surface area contributed by atoms with Gasteiger partial charge in [-0.15, -0.1) is 0 Å². The van der Waals surface area contributed by atoms with Crippen LogP contribution in [0.5, 0.6) is 5.75 Å². The van der Waals surface area contributed by atoms with E-state index in [1.807, 2.05) is 13.0 Å². The molecule has 1 aliphatic heterocycles. The lowest BCUT2D eigenvalue weighted by Crippen LogP contribution is -2.31. The lowest BCUT2D eigenvalue weighted by atomic mass is 10.1. The number of hydrogen-bond acceptors (Lipinski definition) is 7. The fourth-order valence-corrected chi connectivity index (χ4v) is 3.01. The summed E-state index contributed by atoms with van der Waals surface area (Å²) >= 11 is 0. The van der Waals surface area contributed by atoms with Crippen LogP contribution in [0.4, 0.5) is 5.69 Å². The summed E-state index contributed by atoms with van der Waals surface area (Å²) in [6, 6.07) is 7.19. The van der Waals surface area contributed by atoms with Crippen LogP contribution in [0.25, 0.3) is 10.9 Å². The van der Waals surface area contributed by atoms with Crippen molar-refractivity contribution in [1.82, 2.24) is 9.88 Å². The van der Waals surface area contributed by atoms with Gasteiger partial charge in [-0.2, -0.15) is 0 Å². The molecule has 1 amide bonds. The van der Waals surface area contributed by atoms with Crippen LogP contribution >= 0.6 is 0 Å². The molecule has 0 unspecified atom stereocenters. The number of hydrogen-bond donors (Lipinski definition) is 2. The van der Waals surface area contributed by atoms with Crippen molar-refractivity contribution in [2.45, 2.75) is 6.92 Å². The molecule has 0 spiro atoms. The molecule has 0 fully saturated rings. The van der Waals surface area contributed by atoms with Gasteiger partial charge in [0.25, 0.3) is 5.91 Å². The Morgan fingerprint density at radius 1 is 1.37 bits per heavy atom. The fraction of sp³-hybridized carbons (Fsp3) is 0.316. The van der Waals surface area contributed by atoms with Crippen molar-refractivity contribution < 1.29 is 24.2 Å². The Balaban J connectivity index is 2.03. The molecule has 8 heteroatoms. The van der Waals surface area contributed by atoms with Crippen molar-refractivity contribution in [2.24, 2.45) is 0 Å². The lowest BCUT2D eigenvalue weighted by molar-refractivity contribution is -0.136. The molecular formula is C19H21N3O5. The summed E-state index contributed by atoms with van der Waals surface area (Å²) in [4.78, 5) is 30.6. The summed E-state index contributed by atoms with van der Waals surface area (Å²) < 4.78 is 10.4. The highest BCUT2D eigenvalue weighted by Gasteiger charge is 2.34. The van der Waals surface area contributed by atoms with E-state index in [2.05, 4.69) is 10.3 Å². The number of carbonyl (C=O) groups excluding carboxylic acids is 2. The fourth-order valence-electron chi connectivity index (χ4n) is 3.01. The van der Waals surface area contributed by atoms with Crippen LogP contribution in [-0.4, -0.2) is 60.3 Å². The van der Waals surface area contributed by atoms with E-state index in [1.54, 1.807) is 24.4 Å². The molecule has 1 aromatic heterocycles. The van der Waals surface area contributed by atoms with Gasteiger partial charge >= 0.3 is 5.97 Å². The smallest absolute Gasteiger partial charge is 0.337 e. The van der Waals surface area contributed by atoms with Crippen LogP contribution in [0.1, 0.15) is 6.92 Å². The molecule has 27 heavy (non-hydrogen) atoms. The third-order valence-electron chi connectivity index (χ3n) is 4.25. The zero-order valence-electron chi connectivity index (χ0n) is 15.2. The molecule has 0 atom stereocenters. The first-order chi connectivity index (χ1) is 13.1. The van der Waals surface area contributed by atoms with Gasteiger partial charge in [0.15, 0.2) is 0 Å². The second kappa shape index (κ2) is 8.05. The molecule has 0 aliphatic carbocycles. The van der Waals surface area contributed by atoms with Crippen molar-refractivity contribution in [3.05, 3.63) is 41.7 Å². The van der Waals surface area contributed by atoms with Gasteiger partial charge in [0.05, 0.1) is 32.4 Å². The monoisotopic (exact) mass is 371 g/mol. The molecule has 2 N–H and O–H groups in total. The number of aromatic nitrogens is 1. The summed E-state index contributed by atoms with van der Waals surface area (Å²) in [5.41, 5.74) is 1.64. The Bertz CT molecular complexity index is 909. The number of esters is 1. The van der Waals surface area contributed by atoms with Crippen molar-refractivity contribution >= 4 is 28.5 Å². The number of ether oxygens (including phenoxy) is 2. The number of aliphatic hydroxyl groups excluding tert-OH is 1. The number of pyridine rings is 1. The third-order valence-corrected chi connectivity index (χ3v) is 4.25. The number of rotatable bonds is 7. The molecule has 8 nitrogen and oxygen atoms in total. The Kier molecular flexibility index (Phi) is 5.56. The summed E-state index contributed by atoms with van der Waals surface area (Å²) in [6.07, 6.45) is 1.66. The number of nitrogens with one attached hydrogen (secondary N) is 1. The molecule has 1 aromatic carbocycles. The summed E-state index contributed by atoms with van der Waals surface area (Å²) in [6.45, 7) is 2.42. The van der Waals surface area contributed by atoms with Crippen molar-refractivity contribution in [3.8, 4) is 5.75 Å². The Morgan fingerprint density at radius 2 is 2.19 bits per heavy atom. The standard InChI is InChI=1S/C19H21N3O5/c1-3-27-15-7-6-14(12-5-4-8-20-16(12)15)21-17-13(19(25)26-2)11-22(9-10-23)18(17)24/h4-8,21,23H,3,9-11H2,1-2H3. The maximum atomic E-state index is 12.7. The molecule has 0 saturated carbocycles. The average Bonchev–Trinajstić information content (AvgIpc) is 2.99. The van der Waals surface area contributed by atoms with Gasteiger partial charge in [-0.25, -0.2) is 4.79 Å². The van der Waals surface area contributed by atoms with Gasteiger partial charge in [-0.05, 0) is 31.2 Å². The molecule has 142 valence electrons. The van der Waals surface area contributed by atoms with Crippen molar-refractivity contribution in [3.63, 3.8) is 0 Å². The van der Waals surface area contributed by atoms with Crippen LogP contribution in [0.3, 0.4) is 0 Å². The average molecular weight is 371 g/mol. The minimum absolute atomic E-state index is 0.0849. The molecule has 3 rings (SSSR count). The first kappa shape index (κ1) is 18.7. The van der Waals surface area contributed by atoms with E-state index in [9.17, 15) is 9.59 Å². The van der Waals surface area contributed by atoms with E-state index < -0.39 is 5.97 Å². The molecule has 0 radical (unpaired) electrons. The van der Waals surface area contributed by atoms with Gasteiger partial charge in [0.2, 0.25) is 0 Å². The number of benzene rings is 1. The van der Waals surface area contributed by atoms with Crippen LogP contribution in [0, 0.1) is 0 Å². The number of β-amino-alcohol motifs (C(OH)–C–C–N with tert-alkyl or cyclic N) is 1. The number of carbonyl (C=O) groups is 2. The van der Waals surface area contributed by atoms with Gasteiger partial charge in [-0.3, -0.25) is 9.78 Å². The van der Waals surface area contributed by atoms with Crippen LogP contribution in [-0.2, 0) is 14.3 Å². The maximum Gasteiger partial charge on any atom is 0.337 e. The summed E-state index contributed by atoms with van der Waals surface area (Å²) in [5.74, 6) is -0.310. The highest BCUT2D eigenvalue weighted by molar-refractivity contribution is 6.10. The second-order valence-corrected chi connectivity index (χ2v) is 5.86. The van der Waals surface area contributed by atoms with Gasteiger partial charge < -0.3 is 24.8 Å². The predicted octanol–water partition coefficient (Wildman–Crippen LogP) is 1.31. The van der Waals surface area contributed by atoms with Gasteiger partial charge in [0, 0.05) is 23.8 Å². The lowest BCUT2D eigenvalue weighted by Gasteiger charge is -2.16. The molecule has 2 heterocycles. The zero-order valence-corrected chi connectivity index (χ0v) is 15.2. The Morgan fingerprint density at radius 3 is 2.89 bits per heavy atom. The molecule has 0 saturated heterocycles. The SMILES string of the molecule is CCOc1ccc(NC2=C(C(=O)OC)CN(CCO)C2=O)c2cccnc12. The number of anilines is 1. The topological polar surface area (TPSA) is 101 Å². The maximum absolute atomic E-state index is 12.7. The number of amides is 1. The van der Waals surface area contributed by atoms with E-state index in [4.69, 9.17) is 14.6 Å². The Hall–Kier alpha value is -3.13. The minimum Gasteiger partial charge on any atom is -0.492 e. The largest absolute Gasteiger partial charge is 0.492 e. The van der Waals surface area contributed by atoms with Crippen LogP contribution in [0.15, 0.2) is 41.7 Å². The Labute approximate surface area is 156 Å². The van der Waals surface area contributed by atoms with Crippen LogP contribution < -0.4 is 10.1 Å². The van der Waals surface area contributed by atoms with E-state index in [0.717, 1.165) is 5.39 Å². The zero-order chi connectivity index (χ0) is 19.4. The second-order valence-electron chi connectivity index (χ2n) is 5.86. The van der Waals surface area contributed by atoms with Gasteiger partial charge in [-0.1, -0.05) is 0 Å². The first-order valence-corrected chi connectivity index (χ1v) is 8.59. The van der Waals surface area contributed by atoms with E-state index in [-0.39, 0.29) is 36.9 Å². The van der Waals surface area contributed by atoms with E-state index in [1.165, 1.54) is 12.0 Å². The molecular weight excluding hydrogens is 350 g/mol. The first-order valence-electron chi connectivity index (χ1n) is 8.59. The van der Waals surface area contributed by atoms with Gasteiger partial charge in [0.1, 0.15) is 17.0 Å². The van der Waals surface area contributed by atoms with Crippen molar-refractivity contribution in [2.75, 3.05) is 38.7 Å². The third kappa shape index (κ3) is 3.56. The quantitative estimate of drug-likeness (QED) is 0.708. The van der Waals surface area contributed by atoms with E-state index in [0.29, 0.717) is 23.6 Å². The number of aliphatic hydroxyl groups is 1. The molecule has 2 aromatic rings. The summed E-state index contributed by atoms with van der Waals surface area (Å²) in [5, 5.41) is 13.0. The van der Waals surface area contributed by atoms with E-state index >= 15 is 0 Å². The number of fused-ring (bicyclic) bond motifs is 1. The predicted molar refractivity (Wildman–Crippen MR) is 99.2 cm³/mol. The molecule has 0 bridgehead atoms. The molecule has 1 aliphatic rings. The number of nitrogens with zero attached hydrogens (tertiary/aromatic N) is 2. The van der Waals surface area contributed by atoms with Crippen molar-refractivity contribution in [1.29, 1.82) is 0 Å². The number of methoxy groups -OCH3 is 1. The van der Waals surface area contributed by atoms with Crippen LogP contribution in [0.2, 0.25) is 0 Å². The highest BCUT2D eigenvalue weighted by atomic mass is 16.5. The summed E-state index contributed by atoms with van der Waals surface area (Å²) in [7, 11) is 1.27. The normalized spacial score (nSPS) is 14.0.